The summed E-state index contributed by atoms with van der Waals surface area (Å²) in [5.74, 6) is -2.18. The van der Waals surface area contributed by atoms with Crippen LogP contribution in [0.1, 0.15) is 92.3 Å². The number of nitrogens with one attached hydrogen (secondary N) is 2. The lowest BCUT2D eigenvalue weighted by atomic mass is 9.97. The Hall–Kier alpha value is -4.08. The number of esters is 1. The summed E-state index contributed by atoms with van der Waals surface area (Å²) in [4.78, 5) is 56.2. The number of hydrogen-bond acceptors (Lipinski definition) is 7. The number of nitrogens with zero attached hydrogens (tertiary/aromatic N) is 1. The minimum atomic E-state index is -1.24. The molecule has 0 bridgehead atoms. The fourth-order valence-corrected chi connectivity index (χ4v) is 4.66. The van der Waals surface area contributed by atoms with Gasteiger partial charge in [0, 0.05) is 13.0 Å². The van der Waals surface area contributed by atoms with E-state index in [9.17, 15) is 24.3 Å². The molecule has 0 heterocycles. The van der Waals surface area contributed by atoms with Crippen LogP contribution in [-0.4, -0.2) is 63.7 Å². The second kappa shape index (κ2) is 16.3. The first-order valence-corrected chi connectivity index (χ1v) is 15.6. The number of carbonyl (C=O) groups excluding carboxylic acids is 4. The molecule has 10 heteroatoms. The summed E-state index contributed by atoms with van der Waals surface area (Å²) in [7, 11) is 0. The van der Waals surface area contributed by atoms with Gasteiger partial charge in [-0.2, -0.15) is 0 Å². The maximum atomic E-state index is 14.3. The summed E-state index contributed by atoms with van der Waals surface area (Å²) < 4.78 is 11.1. The molecular formula is C35H51N3O7. The zero-order chi connectivity index (χ0) is 33.9. The number of phenols is 1. The highest BCUT2D eigenvalue weighted by atomic mass is 16.6. The van der Waals surface area contributed by atoms with Crippen LogP contribution in [-0.2, 0) is 30.3 Å². The molecule has 0 aliphatic rings. The van der Waals surface area contributed by atoms with E-state index in [0.29, 0.717) is 12.0 Å². The maximum absolute atomic E-state index is 14.3. The number of alkyl carbamates (subject to hydrolysis) is 1. The molecule has 0 aliphatic carbocycles. The van der Waals surface area contributed by atoms with Gasteiger partial charge in [-0.25, -0.2) is 9.59 Å². The topological polar surface area (TPSA) is 134 Å². The van der Waals surface area contributed by atoms with Crippen molar-refractivity contribution in [1.82, 2.24) is 15.5 Å². The average Bonchev–Trinajstić information content (AvgIpc) is 2.91. The van der Waals surface area contributed by atoms with Crippen LogP contribution in [0.2, 0.25) is 0 Å². The van der Waals surface area contributed by atoms with E-state index in [-0.39, 0.29) is 24.6 Å². The smallest absolute Gasteiger partial charge is 0.408 e. The standard InChI is InChI=1S/C35H51N3O7/c1-10-11-20-38(31(41)28(23(2)3)37-33(43)45-35(7,8)9)29(25-18-15-19-26(39)22-25)30(40)36-27(32(42)44-34(4,5)6)21-24-16-13-12-14-17-24/h12-19,22-23,27-29,39H,10-11,20-21H2,1-9H3,(H,36,40)(H,37,43). The second-order valence-corrected chi connectivity index (χ2v) is 13.5. The Morgan fingerprint density at radius 2 is 1.49 bits per heavy atom. The minimum Gasteiger partial charge on any atom is -0.508 e. The van der Waals surface area contributed by atoms with Crippen LogP contribution in [0, 0.1) is 5.92 Å². The molecule has 3 amide bonds. The molecule has 0 radical (unpaired) electrons. The van der Waals surface area contributed by atoms with E-state index in [0.717, 1.165) is 12.0 Å². The lowest BCUT2D eigenvalue weighted by Crippen LogP contribution is -2.56. The number of phenolic OH excluding ortho intramolecular Hbond substituents is 1. The van der Waals surface area contributed by atoms with Crippen molar-refractivity contribution in [2.24, 2.45) is 5.92 Å². The van der Waals surface area contributed by atoms with E-state index in [4.69, 9.17) is 9.47 Å². The molecule has 2 rings (SSSR count). The van der Waals surface area contributed by atoms with Crippen LogP contribution in [0.15, 0.2) is 54.6 Å². The van der Waals surface area contributed by atoms with E-state index in [2.05, 4.69) is 10.6 Å². The van der Waals surface area contributed by atoms with Crippen molar-refractivity contribution in [1.29, 1.82) is 0 Å². The Morgan fingerprint density at radius 1 is 0.867 bits per heavy atom. The molecule has 45 heavy (non-hydrogen) atoms. The number of hydrogen-bond donors (Lipinski definition) is 3. The van der Waals surface area contributed by atoms with Crippen molar-refractivity contribution < 1.29 is 33.8 Å². The van der Waals surface area contributed by atoms with Gasteiger partial charge in [0.25, 0.3) is 0 Å². The van der Waals surface area contributed by atoms with Gasteiger partial charge in [0.15, 0.2) is 0 Å². The SMILES string of the molecule is CCCCN(C(=O)C(NC(=O)OC(C)(C)C)C(C)C)C(C(=O)NC(Cc1ccccc1)C(=O)OC(C)(C)C)c1cccc(O)c1. The Bertz CT molecular complexity index is 1280. The van der Waals surface area contributed by atoms with Crippen LogP contribution in [0.5, 0.6) is 5.75 Å². The summed E-state index contributed by atoms with van der Waals surface area (Å²) in [6.45, 7) is 16.1. The molecule has 0 saturated carbocycles. The molecule has 0 fully saturated rings. The molecule has 3 atom stereocenters. The molecule has 3 unspecified atom stereocenters. The molecule has 0 aliphatic heterocycles. The fourth-order valence-electron chi connectivity index (χ4n) is 4.66. The van der Waals surface area contributed by atoms with Crippen LogP contribution in [0.3, 0.4) is 0 Å². The highest BCUT2D eigenvalue weighted by Gasteiger charge is 2.39. The summed E-state index contributed by atoms with van der Waals surface area (Å²) >= 11 is 0. The van der Waals surface area contributed by atoms with E-state index in [1.54, 1.807) is 67.5 Å². The van der Waals surface area contributed by atoms with Crippen molar-refractivity contribution in [3.63, 3.8) is 0 Å². The average molecular weight is 626 g/mol. The number of rotatable bonds is 13. The van der Waals surface area contributed by atoms with Crippen molar-refractivity contribution in [3.05, 3.63) is 65.7 Å². The zero-order valence-electron chi connectivity index (χ0n) is 28.2. The molecule has 3 N–H and O–H groups in total. The summed E-state index contributed by atoms with van der Waals surface area (Å²) in [5, 5.41) is 15.9. The first-order chi connectivity index (χ1) is 20.9. The third-order valence-corrected chi connectivity index (χ3v) is 6.68. The van der Waals surface area contributed by atoms with Crippen molar-refractivity contribution in [2.45, 2.75) is 111 Å². The van der Waals surface area contributed by atoms with Crippen LogP contribution >= 0.6 is 0 Å². The third-order valence-electron chi connectivity index (χ3n) is 6.68. The van der Waals surface area contributed by atoms with Crippen LogP contribution in [0.4, 0.5) is 4.79 Å². The second-order valence-electron chi connectivity index (χ2n) is 13.5. The first-order valence-electron chi connectivity index (χ1n) is 15.6. The summed E-state index contributed by atoms with van der Waals surface area (Å²) in [5.41, 5.74) is -0.430. The van der Waals surface area contributed by atoms with E-state index in [1.807, 2.05) is 37.3 Å². The number of aromatic hydroxyl groups is 1. The summed E-state index contributed by atoms with van der Waals surface area (Å²) in [6.07, 6.45) is 0.687. The van der Waals surface area contributed by atoms with Crippen LogP contribution in [0.25, 0.3) is 0 Å². The minimum absolute atomic E-state index is 0.0894. The van der Waals surface area contributed by atoms with Gasteiger partial charge < -0.3 is 30.1 Å². The van der Waals surface area contributed by atoms with Gasteiger partial charge in [0.05, 0.1) is 0 Å². The number of carbonyl (C=O) groups is 4. The predicted molar refractivity (Wildman–Crippen MR) is 173 cm³/mol. The van der Waals surface area contributed by atoms with Gasteiger partial charge >= 0.3 is 12.1 Å². The molecule has 248 valence electrons. The predicted octanol–water partition coefficient (Wildman–Crippen LogP) is 5.68. The zero-order valence-corrected chi connectivity index (χ0v) is 28.2. The van der Waals surface area contributed by atoms with Gasteiger partial charge in [-0.05, 0) is 77.1 Å². The van der Waals surface area contributed by atoms with E-state index >= 15 is 0 Å². The van der Waals surface area contributed by atoms with E-state index < -0.39 is 53.2 Å². The molecule has 2 aromatic rings. The number of benzene rings is 2. The quantitative estimate of drug-likeness (QED) is 0.244. The Morgan fingerprint density at radius 3 is 2.02 bits per heavy atom. The lowest BCUT2D eigenvalue weighted by molar-refractivity contribution is -0.159. The van der Waals surface area contributed by atoms with Gasteiger partial charge in [-0.3, -0.25) is 9.59 Å². The fraction of sp³-hybridized carbons (Fsp3) is 0.543. The van der Waals surface area contributed by atoms with Crippen LogP contribution < -0.4 is 10.6 Å². The van der Waals surface area contributed by atoms with Crippen molar-refractivity contribution >= 4 is 23.9 Å². The number of amides is 3. The van der Waals surface area contributed by atoms with Gasteiger partial charge in [0.2, 0.25) is 11.8 Å². The number of ether oxygens (including phenoxy) is 2. The largest absolute Gasteiger partial charge is 0.508 e. The molecule has 0 saturated heterocycles. The van der Waals surface area contributed by atoms with E-state index in [1.165, 1.54) is 17.0 Å². The monoisotopic (exact) mass is 625 g/mol. The molecule has 0 aromatic heterocycles. The highest BCUT2D eigenvalue weighted by molar-refractivity contribution is 5.94. The molecule has 10 nitrogen and oxygen atoms in total. The Labute approximate surface area is 267 Å². The lowest BCUT2D eigenvalue weighted by Gasteiger charge is -2.36. The number of unbranched alkanes of at least 4 members (excludes halogenated alkanes) is 1. The first kappa shape index (κ1) is 37.1. The van der Waals surface area contributed by atoms with Gasteiger partial charge in [-0.15, -0.1) is 0 Å². The Balaban J connectivity index is 2.59. The van der Waals surface area contributed by atoms with Crippen molar-refractivity contribution in [2.75, 3.05) is 6.54 Å². The Kier molecular flexibility index (Phi) is 13.4. The summed E-state index contributed by atoms with van der Waals surface area (Å²) in [6, 6.07) is 12.0. The molecular weight excluding hydrogens is 574 g/mol. The molecule has 2 aromatic carbocycles. The van der Waals surface area contributed by atoms with Gasteiger partial charge in [0.1, 0.15) is 35.1 Å². The normalized spacial score (nSPS) is 13.7. The van der Waals surface area contributed by atoms with Gasteiger partial charge in [-0.1, -0.05) is 69.7 Å². The molecule has 0 spiro atoms. The van der Waals surface area contributed by atoms with Crippen molar-refractivity contribution in [3.8, 4) is 5.75 Å². The maximum Gasteiger partial charge on any atom is 0.408 e. The third kappa shape index (κ3) is 12.4. The highest BCUT2D eigenvalue weighted by Crippen LogP contribution is 2.27.